The minimum Gasteiger partial charge on any atom is -0.511 e. The predicted octanol–water partition coefficient (Wildman–Crippen LogP) is 5.30. The third-order valence-corrected chi connectivity index (χ3v) is 6.63. The van der Waals surface area contributed by atoms with Crippen LogP contribution < -0.4 is 0 Å². The van der Waals surface area contributed by atoms with Gasteiger partial charge in [0.1, 0.15) is 22.5 Å². The molecule has 0 spiro atoms. The molecule has 0 radical (unpaired) electrons. The molecule has 1 unspecified atom stereocenters. The maximum Gasteiger partial charge on any atom is 0.348 e. The molecule has 0 fully saturated rings. The van der Waals surface area contributed by atoms with Gasteiger partial charge in [-0.3, -0.25) is 0 Å². The first kappa shape index (κ1) is 23.2. The van der Waals surface area contributed by atoms with Crippen molar-refractivity contribution in [2.75, 3.05) is 0 Å². The number of esters is 1. The van der Waals surface area contributed by atoms with Gasteiger partial charge in [-0.2, -0.15) is 0 Å². The van der Waals surface area contributed by atoms with Crippen LogP contribution in [0.3, 0.4) is 0 Å². The van der Waals surface area contributed by atoms with Crippen molar-refractivity contribution < 1.29 is 24.9 Å². The van der Waals surface area contributed by atoms with Crippen molar-refractivity contribution >= 4 is 17.7 Å². The summed E-state index contributed by atoms with van der Waals surface area (Å²) in [6.45, 7) is 8.12. The molecule has 0 aromatic heterocycles. The number of phenols is 1. The Labute approximate surface area is 187 Å². The molecule has 6 heteroatoms. The van der Waals surface area contributed by atoms with Gasteiger partial charge in [-0.1, -0.05) is 50.7 Å². The van der Waals surface area contributed by atoms with Gasteiger partial charge in [-0.25, -0.2) is 4.79 Å². The molecule has 31 heavy (non-hydrogen) atoms. The number of benzene rings is 2. The Morgan fingerprint density at radius 2 is 1.81 bits per heavy atom. The van der Waals surface area contributed by atoms with Crippen LogP contribution in [-0.4, -0.2) is 27.4 Å². The number of ether oxygens (including phenoxy) is 1. The van der Waals surface area contributed by atoms with Crippen LogP contribution in [-0.2, 0) is 28.0 Å². The molecule has 1 atom stereocenters. The van der Waals surface area contributed by atoms with E-state index >= 15 is 0 Å². The zero-order valence-corrected chi connectivity index (χ0v) is 19.3. The fraction of sp³-hybridized carbons (Fsp3) is 0.400. The van der Waals surface area contributed by atoms with Gasteiger partial charge in [0.2, 0.25) is 0 Å². The molecule has 1 aliphatic rings. The monoisotopic (exact) mass is 442 g/mol. The molecule has 2 aromatic rings. The van der Waals surface area contributed by atoms with Crippen LogP contribution in [0.25, 0.3) is 0 Å². The van der Waals surface area contributed by atoms with E-state index in [-0.39, 0.29) is 41.0 Å². The summed E-state index contributed by atoms with van der Waals surface area (Å²) >= 11 is 1.23. The Bertz CT molecular complexity index is 986. The lowest BCUT2D eigenvalue weighted by Crippen LogP contribution is -2.26. The Morgan fingerprint density at radius 3 is 2.39 bits per heavy atom. The number of hydrogen-bond acceptors (Lipinski definition) is 6. The molecule has 0 aliphatic carbocycles. The second kappa shape index (κ2) is 9.37. The summed E-state index contributed by atoms with van der Waals surface area (Å²) in [5.74, 6) is -0.235. The number of rotatable bonds is 6. The van der Waals surface area contributed by atoms with E-state index in [1.807, 2.05) is 31.2 Å². The molecule has 0 saturated heterocycles. The summed E-state index contributed by atoms with van der Waals surface area (Å²) in [4.78, 5) is 13.8. The van der Waals surface area contributed by atoms with Crippen LogP contribution in [0, 0.1) is 6.92 Å². The fourth-order valence-electron chi connectivity index (χ4n) is 3.60. The summed E-state index contributed by atoms with van der Waals surface area (Å²) in [6, 6.07) is 10.9. The third-order valence-electron chi connectivity index (χ3n) is 5.46. The average molecular weight is 443 g/mol. The van der Waals surface area contributed by atoms with Crippen LogP contribution in [0.15, 0.2) is 52.0 Å². The van der Waals surface area contributed by atoms with Crippen molar-refractivity contribution in [3.8, 4) is 5.75 Å². The quantitative estimate of drug-likeness (QED) is 0.526. The topological polar surface area (TPSA) is 87.0 Å². The zero-order valence-electron chi connectivity index (χ0n) is 18.4. The second-order valence-electron chi connectivity index (χ2n) is 9.00. The lowest BCUT2D eigenvalue weighted by atomic mass is 9.85. The predicted molar refractivity (Wildman–Crippen MR) is 122 cm³/mol. The van der Waals surface area contributed by atoms with Crippen molar-refractivity contribution in [1.82, 2.24) is 0 Å². The number of aryl methyl sites for hydroxylation is 2. The molecule has 3 N–H and O–H groups in total. The summed E-state index contributed by atoms with van der Waals surface area (Å²) in [6.07, 6.45) is 1.18. The number of cyclic esters (lactones) is 1. The molecule has 166 valence electrons. The number of carbonyl (C=O) groups excluding carboxylic acids is 1. The van der Waals surface area contributed by atoms with Crippen LogP contribution in [0.2, 0.25) is 0 Å². The number of aliphatic hydroxyl groups is 2. The summed E-state index contributed by atoms with van der Waals surface area (Å²) in [7, 11) is 0. The van der Waals surface area contributed by atoms with Crippen molar-refractivity contribution in [2.24, 2.45) is 0 Å². The fourth-order valence-corrected chi connectivity index (χ4v) is 4.86. The Kier molecular flexibility index (Phi) is 7.02. The van der Waals surface area contributed by atoms with E-state index in [4.69, 9.17) is 4.74 Å². The van der Waals surface area contributed by atoms with Gasteiger partial charge in [-0.15, -0.1) is 0 Å². The number of hydrogen-bond donors (Lipinski definition) is 3. The molecule has 0 amide bonds. The Morgan fingerprint density at radius 1 is 1.13 bits per heavy atom. The van der Waals surface area contributed by atoms with E-state index in [0.717, 1.165) is 27.1 Å². The van der Waals surface area contributed by atoms with Crippen molar-refractivity contribution in [1.29, 1.82) is 0 Å². The van der Waals surface area contributed by atoms with Crippen molar-refractivity contribution in [3.05, 3.63) is 69.3 Å². The van der Waals surface area contributed by atoms with E-state index in [1.54, 1.807) is 12.1 Å². The highest BCUT2D eigenvalue weighted by atomic mass is 32.2. The number of phenolic OH excluding ortho intramolecular Hbond substituents is 1. The molecule has 2 aromatic carbocycles. The standard InChI is InChI=1S/C25H30O5S/c1-15-11-22(20(25(2,3)4)12-17(15)14-26)31-23-21(28)13-19(30-24(23)29)10-7-16-5-8-18(27)9-6-16/h5-6,8-9,11-12,19,26-28H,7,10,13-14H2,1-4H3. The van der Waals surface area contributed by atoms with Gasteiger partial charge in [-0.05, 0) is 65.6 Å². The highest BCUT2D eigenvalue weighted by Crippen LogP contribution is 2.41. The lowest BCUT2D eigenvalue weighted by Gasteiger charge is -2.27. The molecular formula is C25H30O5S. The molecule has 0 saturated carbocycles. The molecule has 1 heterocycles. The van der Waals surface area contributed by atoms with Crippen molar-refractivity contribution in [3.63, 3.8) is 0 Å². The van der Waals surface area contributed by atoms with E-state index in [1.165, 1.54) is 11.8 Å². The van der Waals surface area contributed by atoms with E-state index in [9.17, 15) is 20.1 Å². The summed E-state index contributed by atoms with van der Waals surface area (Å²) < 4.78 is 5.62. The van der Waals surface area contributed by atoms with E-state index < -0.39 is 5.97 Å². The van der Waals surface area contributed by atoms with Gasteiger partial charge in [0.25, 0.3) is 0 Å². The number of thioether (sulfide) groups is 1. The van der Waals surface area contributed by atoms with Crippen LogP contribution in [0.5, 0.6) is 5.75 Å². The van der Waals surface area contributed by atoms with E-state index in [2.05, 4.69) is 20.8 Å². The van der Waals surface area contributed by atoms with E-state index in [0.29, 0.717) is 12.8 Å². The summed E-state index contributed by atoms with van der Waals surface area (Å²) in [5.41, 5.74) is 3.64. The van der Waals surface area contributed by atoms with Crippen LogP contribution >= 0.6 is 11.8 Å². The Hall–Kier alpha value is -2.44. The number of carbonyl (C=O) groups is 1. The first-order chi connectivity index (χ1) is 14.6. The lowest BCUT2D eigenvalue weighted by molar-refractivity contribution is -0.145. The highest BCUT2D eigenvalue weighted by molar-refractivity contribution is 8.04. The minimum atomic E-state index is -0.506. The minimum absolute atomic E-state index is 0.0431. The molecule has 0 bridgehead atoms. The smallest absolute Gasteiger partial charge is 0.348 e. The first-order valence-electron chi connectivity index (χ1n) is 10.4. The molecular weight excluding hydrogens is 412 g/mol. The van der Waals surface area contributed by atoms with Crippen molar-refractivity contribution in [2.45, 2.75) is 70.0 Å². The molecule has 3 rings (SSSR count). The maximum absolute atomic E-state index is 12.7. The zero-order chi connectivity index (χ0) is 22.8. The normalized spacial score (nSPS) is 17.1. The highest BCUT2D eigenvalue weighted by Gasteiger charge is 2.31. The third kappa shape index (κ3) is 5.63. The average Bonchev–Trinajstić information content (AvgIpc) is 2.69. The van der Waals surface area contributed by atoms with Gasteiger partial charge in [0.15, 0.2) is 0 Å². The summed E-state index contributed by atoms with van der Waals surface area (Å²) in [5, 5.41) is 29.7. The van der Waals surface area contributed by atoms with Gasteiger partial charge in [0.05, 0.1) is 6.61 Å². The molecule has 5 nitrogen and oxygen atoms in total. The first-order valence-corrected chi connectivity index (χ1v) is 11.2. The van der Waals surface area contributed by atoms with Crippen LogP contribution in [0.1, 0.15) is 55.9 Å². The number of aromatic hydroxyl groups is 1. The van der Waals surface area contributed by atoms with Gasteiger partial charge in [0, 0.05) is 11.3 Å². The molecule has 1 aliphatic heterocycles. The maximum atomic E-state index is 12.7. The van der Waals surface area contributed by atoms with Gasteiger partial charge >= 0.3 is 5.97 Å². The number of aliphatic hydroxyl groups excluding tert-OH is 2. The van der Waals surface area contributed by atoms with Gasteiger partial charge < -0.3 is 20.1 Å². The largest absolute Gasteiger partial charge is 0.511 e. The second-order valence-corrected chi connectivity index (χ2v) is 10.0. The Balaban J connectivity index is 1.78. The SMILES string of the molecule is Cc1cc(SC2=C(O)CC(CCc3ccc(O)cc3)OC2=O)c(C(C)(C)C)cc1CO. The van der Waals surface area contributed by atoms with Crippen LogP contribution in [0.4, 0.5) is 0 Å².